The first-order valence-electron chi connectivity index (χ1n) is 10.0. The standard InChI is InChI=1S/C24H23NO6S/c1-14(23(26)25-12-15-8-9-19(28-2)20(10-15)29-3)31-24(27)21-11-16-13-30-18-7-5-4-6-17(18)22(16)32-21/h4-11,14H,12-13H2,1-3H3,(H,25,26). The molecule has 1 unspecified atom stereocenters. The van der Waals surface area contributed by atoms with Gasteiger partial charge in [-0.25, -0.2) is 4.79 Å². The van der Waals surface area contributed by atoms with Gasteiger partial charge in [-0.15, -0.1) is 11.3 Å². The van der Waals surface area contributed by atoms with Crippen molar-refractivity contribution < 1.29 is 28.5 Å². The molecule has 1 aliphatic rings. The minimum Gasteiger partial charge on any atom is -0.493 e. The zero-order chi connectivity index (χ0) is 22.7. The molecule has 1 N–H and O–H groups in total. The third kappa shape index (κ3) is 4.40. The fourth-order valence-corrected chi connectivity index (χ4v) is 4.48. The van der Waals surface area contributed by atoms with Crippen LogP contribution in [0.25, 0.3) is 10.4 Å². The fourth-order valence-electron chi connectivity index (χ4n) is 3.40. The van der Waals surface area contributed by atoms with Crippen LogP contribution >= 0.6 is 11.3 Å². The van der Waals surface area contributed by atoms with Gasteiger partial charge in [0, 0.05) is 22.5 Å². The smallest absolute Gasteiger partial charge is 0.349 e. The van der Waals surface area contributed by atoms with Crippen LogP contribution in [0.4, 0.5) is 0 Å². The van der Waals surface area contributed by atoms with Crippen LogP contribution in [0.2, 0.25) is 0 Å². The van der Waals surface area contributed by atoms with Crippen LogP contribution in [-0.2, 0) is 22.7 Å². The van der Waals surface area contributed by atoms with E-state index in [1.54, 1.807) is 39.3 Å². The highest BCUT2D eigenvalue weighted by Crippen LogP contribution is 2.42. The summed E-state index contributed by atoms with van der Waals surface area (Å²) in [6.07, 6.45) is -0.940. The third-order valence-electron chi connectivity index (χ3n) is 5.09. The van der Waals surface area contributed by atoms with Crippen LogP contribution in [0.1, 0.15) is 27.7 Å². The third-order valence-corrected chi connectivity index (χ3v) is 6.28. The van der Waals surface area contributed by atoms with Gasteiger partial charge in [0.1, 0.15) is 17.2 Å². The molecule has 1 amide bonds. The molecule has 8 heteroatoms. The Morgan fingerprint density at radius 2 is 1.88 bits per heavy atom. The molecule has 166 valence electrons. The highest BCUT2D eigenvalue weighted by molar-refractivity contribution is 7.17. The number of carbonyl (C=O) groups is 2. The van der Waals surface area contributed by atoms with Crippen molar-refractivity contribution in [3.63, 3.8) is 0 Å². The summed E-state index contributed by atoms with van der Waals surface area (Å²) in [7, 11) is 3.11. The second-order valence-corrected chi connectivity index (χ2v) is 8.26. The van der Waals surface area contributed by atoms with E-state index in [1.807, 2.05) is 30.3 Å². The number of benzene rings is 2. The van der Waals surface area contributed by atoms with Gasteiger partial charge >= 0.3 is 5.97 Å². The number of nitrogens with one attached hydrogen (secondary N) is 1. The Hall–Kier alpha value is -3.52. The molecule has 7 nitrogen and oxygen atoms in total. The quantitative estimate of drug-likeness (QED) is 0.540. The molecule has 0 bridgehead atoms. The zero-order valence-corrected chi connectivity index (χ0v) is 18.8. The molecule has 1 atom stereocenters. The van der Waals surface area contributed by atoms with Crippen molar-refractivity contribution in [1.29, 1.82) is 0 Å². The van der Waals surface area contributed by atoms with Crippen LogP contribution in [0.3, 0.4) is 0 Å². The monoisotopic (exact) mass is 453 g/mol. The van der Waals surface area contributed by atoms with E-state index < -0.39 is 12.1 Å². The molecule has 4 rings (SSSR count). The van der Waals surface area contributed by atoms with Crippen LogP contribution in [0.5, 0.6) is 17.2 Å². The van der Waals surface area contributed by atoms with Gasteiger partial charge in [-0.1, -0.05) is 18.2 Å². The Bertz CT molecular complexity index is 1160. The first-order valence-corrected chi connectivity index (χ1v) is 10.9. The van der Waals surface area contributed by atoms with Crippen molar-refractivity contribution in [2.24, 2.45) is 0 Å². The molecule has 3 aromatic rings. The summed E-state index contributed by atoms with van der Waals surface area (Å²) in [5.74, 6) is 1.06. The second kappa shape index (κ2) is 9.32. The number of para-hydroxylation sites is 1. The Labute approximate surface area is 189 Å². The Morgan fingerprint density at radius 3 is 2.66 bits per heavy atom. The van der Waals surface area contributed by atoms with Gasteiger partial charge in [-0.3, -0.25) is 4.79 Å². The number of rotatable bonds is 7. The molecule has 0 saturated carbocycles. The summed E-state index contributed by atoms with van der Waals surface area (Å²) in [5, 5.41) is 2.78. The lowest BCUT2D eigenvalue weighted by Crippen LogP contribution is -2.35. The molecule has 0 saturated heterocycles. The molecule has 0 spiro atoms. The van der Waals surface area contributed by atoms with Crippen LogP contribution in [0, 0.1) is 0 Å². The van der Waals surface area contributed by atoms with E-state index in [2.05, 4.69) is 5.32 Å². The summed E-state index contributed by atoms with van der Waals surface area (Å²) in [6, 6.07) is 14.9. The van der Waals surface area contributed by atoms with Crippen molar-refractivity contribution in [3.05, 3.63) is 64.5 Å². The molecule has 2 aromatic carbocycles. The molecule has 1 aromatic heterocycles. The molecule has 0 aliphatic carbocycles. The van der Waals surface area contributed by atoms with Gasteiger partial charge in [0.25, 0.3) is 5.91 Å². The summed E-state index contributed by atoms with van der Waals surface area (Å²) >= 11 is 1.35. The Morgan fingerprint density at radius 1 is 1.09 bits per heavy atom. The maximum Gasteiger partial charge on any atom is 0.349 e. The maximum absolute atomic E-state index is 12.7. The molecule has 32 heavy (non-hydrogen) atoms. The topological polar surface area (TPSA) is 83.1 Å². The van der Waals surface area contributed by atoms with E-state index in [0.717, 1.165) is 27.3 Å². The van der Waals surface area contributed by atoms with E-state index in [0.29, 0.717) is 23.0 Å². The highest BCUT2D eigenvalue weighted by Gasteiger charge is 2.25. The number of fused-ring (bicyclic) bond motifs is 3. The van der Waals surface area contributed by atoms with Gasteiger partial charge in [0.2, 0.25) is 0 Å². The van der Waals surface area contributed by atoms with Gasteiger partial charge in [-0.05, 0) is 42.8 Å². The average molecular weight is 454 g/mol. The van der Waals surface area contributed by atoms with E-state index in [-0.39, 0.29) is 12.5 Å². The normalized spacial score (nSPS) is 12.6. The van der Waals surface area contributed by atoms with Crippen molar-refractivity contribution >= 4 is 23.2 Å². The van der Waals surface area contributed by atoms with Gasteiger partial charge in [0.05, 0.1) is 14.2 Å². The fraction of sp³-hybridized carbons (Fsp3) is 0.250. The molecule has 0 radical (unpaired) electrons. The summed E-state index contributed by atoms with van der Waals surface area (Å²) in [6.45, 7) is 2.22. The predicted octanol–water partition coefficient (Wildman–Crippen LogP) is 4.19. The summed E-state index contributed by atoms with van der Waals surface area (Å²) in [5.41, 5.74) is 2.73. The van der Waals surface area contributed by atoms with Gasteiger partial charge in [-0.2, -0.15) is 0 Å². The molecule has 1 aliphatic heterocycles. The second-order valence-electron chi connectivity index (χ2n) is 7.20. The summed E-state index contributed by atoms with van der Waals surface area (Å²) in [4.78, 5) is 26.5. The number of methoxy groups -OCH3 is 2. The number of hydrogen-bond acceptors (Lipinski definition) is 7. The first-order chi connectivity index (χ1) is 15.5. The Kier molecular flexibility index (Phi) is 6.32. The van der Waals surface area contributed by atoms with Gasteiger partial charge < -0.3 is 24.3 Å². The average Bonchev–Trinajstić information content (AvgIpc) is 3.27. The zero-order valence-electron chi connectivity index (χ0n) is 18.0. The number of hydrogen-bond donors (Lipinski definition) is 1. The van der Waals surface area contributed by atoms with Crippen LogP contribution in [0.15, 0.2) is 48.5 Å². The lowest BCUT2D eigenvalue weighted by molar-refractivity contribution is -0.129. The number of thiophene rings is 1. The largest absolute Gasteiger partial charge is 0.493 e. The van der Waals surface area contributed by atoms with Crippen molar-refractivity contribution in [2.45, 2.75) is 26.2 Å². The van der Waals surface area contributed by atoms with Gasteiger partial charge in [0.15, 0.2) is 17.6 Å². The maximum atomic E-state index is 12.7. The van der Waals surface area contributed by atoms with Crippen molar-refractivity contribution in [3.8, 4) is 27.7 Å². The molecular formula is C24H23NO6S. The molecule has 2 heterocycles. The van der Waals surface area contributed by atoms with Crippen LogP contribution in [-0.4, -0.2) is 32.2 Å². The van der Waals surface area contributed by atoms with Crippen molar-refractivity contribution in [2.75, 3.05) is 14.2 Å². The summed E-state index contributed by atoms with van der Waals surface area (Å²) < 4.78 is 21.6. The first kappa shape index (κ1) is 21.7. The number of esters is 1. The molecular weight excluding hydrogens is 430 g/mol. The predicted molar refractivity (Wildman–Crippen MR) is 120 cm³/mol. The number of ether oxygens (including phenoxy) is 4. The Balaban J connectivity index is 1.37. The van der Waals surface area contributed by atoms with E-state index in [9.17, 15) is 9.59 Å². The van der Waals surface area contributed by atoms with Crippen molar-refractivity contribution in [1.82, 2.24) is 5.32 Å². The van der Waals surface area contributed by atoms with E-state index >= 15 is 0 Å². The SMILES string of the molecule is COc1ccc(CNC(=O)C(C)OC(=O)c2cc3c(s2)-c2ccccc2OC3)cc1OC. The lowest BCUT2D eigenvalue weighted by atomic mass is 10.1. The minimum atomic E-state index is -0.940. The van der Waals surface area contributed by atoms with E-state index in [4.69, 9.17) is 18.9 Å². The van der Waals surface area contributed by atoms with E-state index in [1.165, 1.54) is 11.3 Å². The molecule has 0 fully saturated rings. The number of amides is 1. The van der Waals surface area contributed by atoms with Crippen LogP contribution < -0.4 is 19.5 Å². The lowest BCUT2D eigenvalue weighted by Gasteiger charge is -2.16. The number of carbonyl (C=O) groups excluding carboxylic acids is 2. The minimum absolute atomic E-state index is 0.266. The highest BCUT2D eigenvalue weighted by atomic mass is 32.1.